The van der Waals surface area contributed by atoms with Gasteiger partial charge in [-0.1, -0.05) is 18.2 Å². The van der Waals surface area contributed by atoms with E-state index in [0.29, 0.717) is 9.80 Å². The predicted octanol–water partition coefficient (Wildman–Crippen LogP) is 1.89. The lowest BCUT2D eigenvalue weighted by atomic mass is 10.1. The van der Waals surface area contributed by atoms with Crippen molar-refractivity contribution in [2.24, 2.45) is 0 Å². The molecule has 3 nitrogen and oxygen atoms in total. The molecule has 1 aromatic carbocycles. The van der Waals surface area contributed by atoms with Gasteiger partial charge in [-0.25, -0.2) is 8.42 Å². The molecule has 0 fully saturated rings. The molecule has 1 unspecified atom stereocenters. The third-order valence-electron chi connectivity index (χ3n) is 2.67. The monoisotopic (exact) mass is 238 g/mol. The minimum absolute atomic E-state index is 0.177. The van der Waals surface area contributed by atoms with Crippen LogP contribution in [0.1, 0.15) is 24.5 Å². The summed E-state index contributed by atoms with van der Waals surface area (Å²) in [6.45, 7) is 3.38. The normalized spacial score (nSPS) is 19.1. The SMILES string of the molecule is Cc1cccc2c1S(=O)(=O)C(CC(C)O)=C2. The minimum atomic E-state index is -3.37. The number of rotatable bonds is 2. The van der Waals surface area contributed by atoms with E-state index in [9.17, 15) is 13.5 Å². The van der Waals surface area contributed by atoms with Crippen LogP contribution in [0.25, 0.3) is 6.08 Å². The van der Waals surface area contributed by atoms with Gasteiger partial charge in [-0.3, -0.25) is 0 Å². The van der Waals surface area contributed by atoms with E-state index in [2.05, 4.69) is 0 Å². The Morgan fingerprint density at radius 2 is 2.06 bits per heavy atom. The molecular formula is C12H14O3S. The van der Waals surface area contributed by atoms with Crippen molar-refractivity contribution in [2.75, 3.05) is 0 Å². The number of benzene rings is 1. The van der Waals surface area contributed by atoms with Crippen molar-refractivity contribution in [1.29, 1.82) is 0 Å². The van der Waals surface area contributed by atoms with Crippen LogP contribution in [0.4, 0.5) is 0 Å². The van der Waals surface area contributed by atoms with E-state index in [1.54, 1.807) is 32.1 Å². The molecule has 0 aliphatic carbocycles. The van der Waals surface area contributed by atoms with E-state index in [-0.39, 0.29) is 6.42 Å². The molecular weight excluding hydrogens is 224 g/mol. The van der Waals surface area contributed by atoms with Crippen LogP contribution in [0, 0.1) is 6.92 Å². The first-order valence-corrected chi connectivity index (χ1v) is 6.64. The van der Waals surface area contributed by atoms with Crippen LogP contribution in [-0.4, -0.2) is 19.6 Å². The lowest BCUT2D eigenvalue weighted by Gasteiger charge is -2.07. The van der Waals surface area contributed by atoms with Crippen LogP contribution in [0.2, 0.25) is 0 Å². The number of aliphatic hydroxyl groups is 1. The lowest BCUT2D eigenvalue weighted by Crippen LogP contribution is -2.08. The second-order valence-electron chi connectivity index (χ2n) is 4.16. The Hall–Kier alpha value is -1.13. The van der Waals surface area contributed by atoms with Gasteiger partial charge >= 0.3 is 0 Å². The number of aliphatic hydroxyl groups excluding tert-OH is 1. The second-order valence-corrected chi connectivity index (χ2v) is 6.10. The van der Waals surface area contributed by atoms with Gasteiger partial charge in [-0.05, 0) is 31.1 Å². The van der Waals surface area contributed by atoms with Crippen molar-refractivity contribution in [3.63, 3.8) is 0 Å². The Balaban J connectivity index is 2.56. The molecule has 1 aromatic rings. The molecule has 0 saturated heterocycles. The van der Waals surface area contributed by atoms with Crippen LogP contribution in [0.3, 0.4) is 0 Å². The first kappa shape index (κ1) is 11.4. The minimum Gasteiger partial charge on any atom is -0.393 e. The highest BCUT2D eigenvalue weighted by atomic mass is 32.2. The van der Waals surface area contributed by atoms with Gasteiger partial charge in [0.05, 0.1) is 15.9 Å². The van der Waals surface area contributed by atoms with E-state index in [1.807, 2.05) is 6.07 Å². The molecule has 0 aromatic heterocycles. The van der Waals surface area contributed by atoms with Gasteiger partial charge in [0.2, 0.25) is 9.84 Å². The first-order valence-electron chi connectivity index (χ1n) is 5.16. The molecule has 0 saturated carbocycles. The average molecular weight is 238 g/mol. The summed E-state index contributed by atoms with van der Waals surface area (Å²) in [5.41, 5.74) is 1.49. The molecule has 0 spiro atoms. The zero-order valence-corrected chi connectivity index (χ0v) is 10.1. The number of hydrogen-bond acceptors (Lipinski definition) is 3. The number of aryl methyl sites for hydroxylation is 1. The van der Waals surface area contributed by atoms with Gasteiger partial charge in [-0.15, -0.1) is 0 Å². The summed E-state index contributed by atoms with van der Waals surface area (Å²) in [7, 11) is -3.37. The maximum atomic E-state index is 12.2. The summed E-state index contributed by atoms with van der Waals surface area (Å²) >= 11 is 0. The summed E-state index contributed by atoms with van der Waals surface area (Å²) in [5, 5.41) is 9.29. The molecule has 86 valence electrons. The van der Waals surface area contributed by atoms with E-state index in [4.69, 9.17) is 0 Å². The van der Waals surface area contributed by atoms with Crippen molar-refractivity contribution >= 4 is 15.9 Å². The fourth-order valence-corrected chi connectivity index (χ4v) is 3.93. The molecule has 1 aliphatic heterocycles. The van der Waals surface area contributed by atoms with Crippen LogP contribution in [0.15, 0.2) is 28.0 Å². The molecule has 1 aliphatic rings. The third-order valence-corrected chi connectivity index (χ3v) is 4.74. The molecule has 2 rings (SSSR count). The van der Waals surface area contributed by atoms with Crippen LogP contribution < -0.4 is 0 Å². The van der Waals surface area contributed by atoms with Gasteiger partial charge in [0.25, 0.3) is 0 Å². The number of sulfone groups is 1. The van der Waals surface area contributed by atoms with E-state index < -0.39 is 15.9 Å². The van der Waals surface area contributed by atoms with E-state index in [0.717, 1.165) is 11.1 Å². The smallest absolute Gasteiger partial charge is 0.203 e. The molecule has 4 heteroatoms. The van der Waals surface area contributed by atoms with Crippen molar-refractivity contribution < 1.29 is 13.5 Å². The quantitative estimate of drug-likeness (QED) is 0.856. The zero-order chi connectivity index (χ0) is 11.9. The first-order chi connectivity index (χ1) is 7.43. The fraction of sp³-hybridized carbons (Fsp3) is 0.333. The van der Waals surface area contributed by atoms with Gasteiger partial charge in [0, 0.05) is 6.42 Å². The summed E-state index contributed by atoms with van der Waals surface area (Å²) in [4.78, 5) is 0.706. The van der Waals surface area contributed by atoms with Crippen LogP contribution in [-0.2, 0) is 9.84 Å². The van der Waals surface area contributed by atoms with Crippen molar-refractivity contribution in [2.45, 2.75) is 31.3 Å². The maximum Gasteiger partial charge on any atom is 0.203 e. The lowest BCUT2D eigenvalue weighted by molar-refractivity contribution is 0.197. The highest BCUT2D eigenvalue weighted by molar-refractivity contribution is 7.95. The molecule has 1 N–H and O–H groups in total. The topological polar surface area (TPSA) is 54.4 Å². The average Bonchev–Trinajstić information content (AvgIpc) is 2.38. The van der Waals surface area contributed by atoms with Crippen LogP contribution >= 0.6 is 0 Å². The second kappa shape index (κ2) is 3.71. The largest absolute Gasteiger partial charge is 0.393 e. The Bertz CT molecular complexity index is 554. The maximum absolute atomic E-state index is 12.2. The molecule has 1 heterocycles. The number of fused-ring (bicyclic) bond motifs is 1. The van der Waals surface area contributed by atoms with E-state index in [1.165, 1.54) is 0 Å². The zero-order valence-electron chi connectivity index (χ0n) is 9.27. The summed E-state index contributed by atoms with van der Waals surface area (Å²) in [6.07, 6.45) is 1.19. The van der Waals surface area contributed by atoms with Gasteiger partial charge in [-0.2, -0.15) is 0 Å². The Labute approximate surface area is 95.3 Å². The third kappa shape index (κ3) is 1.68. The molecule has 0 amide bonds. The van der Waals surface area contributed by atoms with Crippen molar-refractivity contribution in [1.82, 2.24) is 0 Å². The Morgan fingerprint density at radius 3 is 2.62 bits per heavy atom. The molecule has 16 heavy (non-hydrogen) atoms. The summed E-state index contributed by atoms with van der Waals surface area (Å²) in [6, 6.07) is 5.41. The van der Waals surface area contributed by atoms with Crippen LogP contribution in [0.5, 0.6) is 0 Å². The fourth-order valence-electron chi connectivity index (χ4n) is 2.00. The predicted molar refractivity (Wildman–Crippen MR) is 62.6 cm³/mol. The molecule has 1 atom stereocenters. The van der Waals surface area contributed by atoms with Gasteiger partial charge < -0.3 is 5.11 Å². The standard InChI is InChI=1S/C12H14O3S/c1-8-4-3-5-10-7-11(6-9(2)13)16(14,15)12(8)10/h3-5,7,9,13H,6H2,1-2H3. The summed E-state index contributed by atoms with van der Waals surface area (Å²) < 4.78 is 24.3. The van der Waals surface area contributed by atoms with E-state index >= 15 is 0 Å². The Kier molecular flexibility index (Phi) is 2.64. The van der Waals surface area contributed by atoms with Gasteiger partial charge in [0.1, 0.15) is 0 Å². The number of hydrogen-bond donors (Lipinski definition) is 1. The molecule has 0 bridgehead atoms. The highest BCUT2D eigenvalue weighted by Crippen LogP contribution is 2.36. The van der Waals surface area contributed by atoms with Gasteiger partial charge in [0.15, 0.2) is 0 Å². The highest BCUT2D eigenvalue weighted by Gasteiger charge is 2.31. The molecule has 0 radical (unpaired) electrons. The Morgan fingerprint density at radius 1 is 1.38 bits per heavy atom. The summed E-state index contributed by atoms with van der Waals surface area (Å²) in [5.74, 6) is 0. The van der Waals surface area contributed by atoms with Crippen molar-refractivity contribution in [3.8, 4) is 0 Å². The van der Waals surface area contributed by atoms with Crippen molar-refractivity contribution in [3.05, 3.63) is 34.2 Å².